The first-order chi connectivity index (χ1) is 6.95. The Morgan fingerprint density at radius 2 is 1.33 bits per heavy atom. The second-order valence-electron chi connectivity index (χ2n) is 2.36. The van der Waals surface area contributed by atoms with Gasteiger partial charge in [-0.1, -0.05) is 64.9 Å². The summed E-state index contributed by atoms with van der Waals surface area (Å²) >= 11 is 28.2. The molecule has 1 aromatic rings. The summed E-state index contributed by atoms with van der Waals surface area (Å²) in [4.78, 5) is 9.17. The van der Waals surface area contributed by atoms with Gasteiger partial charge in [-0.15, -0.1) is 0 Å². The van der Waals surface area contributed by atoms with Crippen molar-refractivity contribution in [2.24, 2.45) is 0 Å². The molecule has 0 N–H and O–H groups in total. The third-order valence-corrected chi connectivity index (χ3v) is 3.37. The number of benzene rings is 1. The lowest BCUT2D eigenvalue weighted by atomic mass is 10.3. The molecule has 0 fully saturated rings. The van der Waals surface area contributed by atoms with Crippen molar-refractivity contribution < 1.29 is 4.79 Å². The standard InChI is InChI=1S/C6HCl5.C3H6O/c7-2-1-3(8)5(10)6(11)4(2)9;1-2-3-4/h1H;3H,2H2,1H3. The number of hydrogen-bond acceptors (Lipinski definition) is 1. The maximum Gasteiger partial charge on any atom is 0.119 e. The summed E-state index contributed by atoms with van der Waals surface area (Å²) in [5, 5.41) is 1.23. The van der Waals surface area contributed by atoms with Crippen molar-refractivity contribution in [1.82, 2.24) is 0 Å². The molecule has 0 atom stereocenters. The molecule has 15 heavy (non-hydrogen) atoms. The van der Waals surface area contributed by atoms with Crippen LogP contribution in [0.2, 0.25) is 25.1 Å². The van der Waals surface area contributed by atoms with E-state index in [1.807, 2.05) is 6.92 Å². The minimum Gasteiger partial charge on any atom is -0.303 e. The summed E-state index contributed by atoms with van der Waals surface area (Å²) in [6.45, 7) is 1.81. The number of hydrogen-bond donors (Lipinski definition) is 0. The molecule has 0 saturated heterocycles. The minimum atomic E-state index is 0.186. The molecular weight excluding hydrogens is 301 g/mol. The van der Waals surface area contributed by atoms with E-state index in [-0.39, 0.29) is 15.1 Å². The van der Waals surface area contributed by atoms with Crippen molar-refractivity contribution in [3.05, 3.63) is 31.2 Å². The quantitative estimate of drug-likeness (QED) is 0.378. The fourth-order valence-corrected chi connectivity index (χ4v) is 1.65. The normalized spacial score (nSPS) is 9.20. The highest BCUT2D eigenvalue weighted by molar-refractivity contribution is 6.54. The Bertz CT molecular complexity index is 325. The Kier molecular flexibility index (Phi) is 7.76. The van der Waals surface area contributed by atoms with Gasteiger partial charge in [-0.2, -0.15) is 0 Å². The molecule has 0 saturated carbocycles. The topological polar surface area (TPSA) is 17.1 Å². The zero-order chi connectivity index (χ0) is 12.0. The van der Waals surface area contributed by atoms with Crippen LogP contribution in [0.4, 0.5) is 0 Å². The Morgan fingerprint density at radius 1 is 1.00 bits per heavy atom. The van der Waals surface area contributed by atoms with Gasteiger partial charge in [0.25, 0.3) is 0 Å². The van der Waals surface area contributed by atoms with Crippen molar-refractivity contribution in [1.29, 1.82) is 0 Å². The highest BCUT2D eigenvalue weighted by atomic mass is 35.5. The SMILES string of the molecule is CCC=O.Clc1cc(Cl)c(Cl)c(Cl)c1Cl. The van der Waals surface area contributed by atoms with E-state index in [9.17, 15) is 4.79 Å². The molecule has 1 nitrogen and oxygen atoms in total. The van der Waals surface area contributed by atoms with Gasteiger partial charge in [0.05, 0.1) is 25.1 Å². The molecule has 0 aliphatic heterocycles. The van der Waals surface area contributed by atoms with Crippen molar-refractivity contribution in [3.8, 4) is 0 Å². The first-order valence-electron chi connectivity index (χ1n) is 3.87. The van der Waals surface area contributed by atoms with Crippen molar-refractivity contribution in [2.45, 2.75) is 13.3 Å². The maximum absolute atomic E-state index is 9.17. The summed E-state index contributed by atoms with van der Waals surface area (Å²) in [7, 11) is 0. The molecular formula is C9H7Cl5O. The summed E-state index contributed by atoms with van der Waals surface area (Å²) in [6, 6.07) is 1.44. The predicted molar refractivity (Wildman–Crippen MR) is 67.8 cm³/mol. The van der Waals surface area contributed by atoms with E-state index in [1.165, 1.54) is 6.07 Å². The Labute approximate surface area is 113 Å². The van der Waals surface area contributed by atoms with Crippen LogP contribution < -0.4 is 0 Å². The lowest BCUT2D eigenvalue weighted by molar-refractivity contribution is -0.107. The van der Waals surface area contributed by atoms with Gasteiger partial charge in [-0.25, -0.2) is 0 Å². The fraction of sp³-hybridized carbons (Fsp3) is 0.222. The van der Waals surface area contributed by atoms with Crippen LogP contribution in [0.1, 0.15) is 13.3 Å². The van der Waals surface area contributed by atoms with E-state index in [1.54, 1.807) is 0 Å². The fourth-order valence-electron chi connectivity index (χ4n) is 0.544. The average Bonchev–Trinajstić information content (AvgIpc) is 2.24. The molecule has 84 valence electrons. The molecule has 6 heteroatoms. The van der Waals surface area contributed by atoms with Crippen LogP contribution in [-0.4, -0.2) is 6.29 Å². The van der Waals surface area contributed by atoms with E-state index in [0.29, 0.717) is 16.5 Å². The Morgan fingerprint density at radius 3 is 1.60 bits per heavy atom. The van der Waals surface area contributed by atoms with Gasteiger partial charge in [0, 0.05) is 6.42 Å². The second-order valence-corrected chi connectivity index (χ2v) is 4.31. The molecule has 0 spiro atoms. The Balaban J connectivity index is 0.000000423. The number of aldehydes is 1. The second kappa shape index (κ2) is 7.59. The lowest BCUT2D eigenvalue weighted by Crippen LogP contribution is -1.75. The number of rotatable bonds is 1. The third kappa shape index (κ3) is 4.80. The van der Waals surface area contributed by atoms with E-state index < -0.39 is 0 Å². The number of carbonyl (C=O) groups excluding carboxylic acids is 1. The molecule has 0 unspecified atom stereocenters. The number of carbonyl (C=O) groups is 1. The lowest BCUT2D eigenvalue weighted by Gasteiger charge is -2.02. The molecule has 1 rings (SSSR count). The minimum absolute atomic E-state index is 0.186. The first-order valence-corrected chi connectivity index (χ1v) is 5.76. The van der Waals surface area contributed by atoms with Gasteiger partial charge in [-0.3, -0.25) is 0 Å². The molecule has 0 aromatic heterocycles. The maximum atomic E-state index is 9.17. The van der Waals surface area contributed by atoms with Crippen LogP contribution in [-0.2, 0) is 4.79 Å². The van der Waals surface area contributed by atoms with E-state index in [2.05, 4.69) is 0 Å². The van der Waals surface area contributed by atoms with Gasteiger partial charge in [0.1, 0.15) is 6.29 Å². The van der Waals surface area contributed by atoms with E-state index in [0.717, 1.165) is 6.29 Å². The monoisotopic (exact) mass is 306 g/mol. The van der Waals surface area contributed by atoms with Crippen LogP contribution in [0.25, 0.3) is 0 Å². The van der Waals surface area contributed by atoms with Crippen molar-refractivity contribution >= 4 is 64.3 Å². The highest BCUT2D eigenvalue weighted by Crippen LogP contribution is 2.40. The summed E-state index contributed by atoms with van der Waals surface area (Å²) in [5.74, 6) is 0. The van der Waals surface area contributed by atoms with E-state index in [4.69, 9.17) is 58.0 Å². The van der Waals surface area contributed by atoms with Crippen LogP contribution >= 0.6 is 58.0 Å². The predicted octanol–water partition coefficient (Wildman–Crippen LogP) is 5.55. The average molecular weight is 308 g/mol. The molecule has 0 heterocycles. The van der Waals surface area contributed by atoms with Gasteiger partial charge in [0.15, 0.2) is 0 Å². The van der Waals surface area contributed by atoms with Crippen molar-refractivity contribution in [2.75, 3.05) is 0 Å². The third-order valence-electron chi connectivity index (χ3n) is 1.22. The van der Waals surface area contributed by atoms with Crippen molar-refractivity contribution in [3.63, 3.8) is 0 Å². The molecule has 0 radical (unpaired) electrons. The zero-order valence-corrected chi connectivity index (χ0v) is 11.4. The van der Waals surface area contributed by atoms with Gasteiger partial charge in [0.2, 0.25) is 0 Å². The van der Waals surface area contributed by atoms with Crippen LogP contribution in [0.5, 0.6) is 0 Å². The molecule has 0 aliphatic carbocycles. The molecule has 1 aromatic carbocycles. The van der Waals surface area contributed by atoms with Crippen LogP contribution in [0.3, 0.4) is 0 Å². The smallest absolute Gasteiger partial charge is 0.119 e. The zero-order valence-electron chi connectivity index (χ0n) is 7.66. The largest absolute Gasteiger partial charge is 0.303 e. The molecule has 0 amide bonds. The molecule has 0 aliphatic rings. The van der Waals surface area contributed by atoms with Gasteiger partial charge < -0.3 is 4.79 Å². The Hall–Kier alpha value is 0.340. The molecule has 0 bridgehead atoms. The highest BCUT2D eigenvalue weighted by Gasteiger charge is 2.10. The van der Waals surface area contributed by atoms with E-state index >= 15 is 0 Å². The van der Waals surface area contributed by atoms with Crippen LogP contribution in [0, 0.1) is 0 Å². The summed E-state index contributed by atoms with van der Waals surface area (Å²) in [5.41, 5.74) is 0. The summed E-state index contributed by atoms with van der Waals surface area (Å²) in [6.07, 6.45) is 1.51. The number of halogens is 5. The van der Waals surface area contributed by atoms with Gasteiger partial charge in [-0.05, 0) is 6.07 Å². The van der Waals surface area contributed by atoms with Crippen LogP contribution in [0.15, 0.2) is 6.07 Å². The summed E-state index contributed by atoms with van der Waals surface area (Å²) < 4.78 is 0. The first kappa shape index (κ1) is 15.3. The van der Waals surface area contributed by atoms with Gasteiger partial charge >= 0.3 is 0 Å².